The van der Waals surface area contributed by atoms with E-state index in [0.717, 1.165) is 72.6 Å². The predicted octanol–water partition coefficient (Wildman–Crippen LogP) is 3.99. The van der Waals surface area contributed by atoms with Crippen LogP contribution in [0.1, 0.15) is 78.0 Å². The molecule has 1 fully saturated rings. The van der Waals surface area contributed by atoms with Crippen LogP contribution < -0.4 is 16.0 Å². The number of carbonyl (C=O) groups excluding carboxylic acids is 1. The van der Waals surface area contributed by atoms with Gasteiger partial charge in [-0.15, -0.1) is 0 Å². The maximum atomic E-state index is 13.4. The number of aliphatic hydroxyl groups excluding tert-OH is 2. The van der Waals surface area contributed by atoms with Crippen LogP contribution in [0.3, 0.4) is 0 Å². The number of amides is 1. The van der Waals surface area contributed by atoms with Crippen LogP contribution in [-0.2, 0) is 37.3 Å². The Hall–Kier alpha value is -4.03. The molecule has 1 saturated heterocycles. The summed E-state index contributed by atoms with van der Waals surface area (Å²) in [5.41, 5.74) is 6.34. The van der Waals surface area contributed by atoms with E-state index in [1.165, 1.54) is 6.07 Å². The molecule has 246 valence electrons. The fourth-order valence-corrected chi connectivity index (χ4v) is 6.01. The van der Waals surface area contributed by atoms with E-state index in [2.05, 4.69) is 34.9 Å². The standard InChI is InChI=1S/C35H46N6O5/c1-4-30-28(33(39-27-11-13-46-14-12-27)29-19-38-41(5-2)34(29)40-30)18-37-35(45)25-8-6-7-23(16-25)15-22(3)36-20-32(44)24-9-10-31(43)26(17-24)21-42/h6-10,16-17,19,22,27,32,36,42-44H,4-5,11-15,18,20-21H2,1-3H3,(H,37,45)(H,39,40). The van der Waals surface area contributed by atoms with Crippen LogP contribution in [0, 0.1) is 0 Å². The van der Waals surface area contributed by atoms with Gasteiger partial charge in [0.05, 0.1) is 30.0 Å². The van der Waals surface area contributed by atoms with Crippen LogP contribution in [0.2, 0.25) is 0 Å². The second-order valence-corrected chi connectivity index (χ2v) is 12.0. The molecule has 4 aromatic rings. The summed E-state index contributed by atoms with van der Waals surface area (Å²) in [5, 5.41) is 45.6. The number of nitrogens with one attached hydrogen (secondary N) is 3. The third-order valence-corrected chi connectivity index (χ3v) is 8.65. The minimum absolute atomic E-state index is 0.00306. The van der Waals surface area contributed by atoms with Crippen molar-refractivity contribution in [2.45, 2.75) is 84.3 Å². The molecular formula is C35H46N6O5. The van der Waals surface area contributed by atoms with Crippen LogP contribution in [-0.4, -0.2) is 67.8 Å². The van der Waals surface area contributed by atoms with Gasteiger partial charge in [-0.2, -0.15) is 5.10 Å². The van der Waals surface area contributed by atoms with Crippen molar-refractivity contribution >= 4 is 22.6 Å². The summed E-state index contributed by atoms with van der Waals surface area (Å²) in [6.07, 6.45) is 4.29. The van der Waals surface area contributed by atoms with E-state index in [1.54, 1.807) is 12.1 Å². The maximum Gasteiger partial charge on any atom is 0.251 e. The molecule has 2 aromatic heterocycles. The second kappa shape index (κ2) is 15.5. The average molecular weight is 631 g/mol. The van der Waals surface area contributed by atoms with Gasteiger partial charge in [-0.05, 0) is 74.9 Å². The van der Waals surface area contributed by atoms with Crippen LogP contribution in [0.4, 0.5) is 5.69 Å². The Kier molecular flexibility index (Phi) is 11.2. The first-order chi connectivity index (χ1) is 22.3. The Balaban J connectivity index is 1.25. The monoisotopic (exact) mass is 630 g/mol. The number of benzene rings is 2. The molecule has 11 heteroatoms. The lowest BCUT2D eigenvalue weighted by atomic mass is 10.0. The number of aryl methyl sites for hydroxylation is 2. The SMILES string of the molecule is CCc1nc2c(cnn2CC)c(NC2CCOCC2)c1CNC(=O)c1cccc(CC(C)NCC(O)c2ccc(O)c(CO)c2)c1. The van der Waals surface area contributed by atoms with Crippen molar-refractivity contribution in [1.29, 1.82) is 0 Å². The van der Waals surface area contributed by atoms with Crippen molar-refractivity contribution in [3.63, 3.8) is 0 Å². The van der Waals surface area contributed by atoms with Crippen molar-refractivity contribution in [2.75, 3.05) is 25.1 Å². The van der Waals surface area contributed by atoms with E-state index >= 15 is 0 Å². The summed E-state index contributed by atoms with van der Waals surface area (Å²) in [6, 6.07) is 12.6. The highest BCUT2D eigenvalue weighted by Crippen LogP contribution is 2.31. The lowest BCUT2D eigenvalue weighted by molar-refractivity contribution is 0.0904. The number of aliphatic hydroxyl groups is 2. The molecule has 0 aliphatic carbocycles. The predicted molar refractivity (Wildman–Crippen MR) is 178 cm³/mol. The zero-order chi connectivity index (χ0) is 32.6. The molecule has 6 N–H and O–H groups in total. The third-order valence-electron chi connectivity index (χ3n) is 8.65. The minimum Gasteiger partial charge on any atom is -0.508 e. The van der Waals surface area contributed by atoms with E-state index < -0.39 is 6.10 Å². The molecule has 3 heterocycles. The first kappa shape index (κ1) is 33.3. The number of hydrogen-bond donors (Lipinski definition) is 6. The number of carbonyl (C=O) groups is 1. The van der Waals surface area contributed by atoms with Gasteiger partial charge >= 0.3 is 0 Å². The van der Waals surface area contributed by atoms with Gasteiger partial charge in [-0.3, -0.25) is 4.79 Å². The summed E-state index contributed by atoms with van der Waals surface area (Å²) >= 11 is 0. The minimum atomic E-state index is -0.797. The number of hydrogen-bond acceptors (Lipinski definition) is 9. The topological polar surface area (TPSA) is 154 Å². The van der Waals surface area contributed by atoms with Gasteiger partial charge in [0.25, 0.3) is 5.91 Å². The van der Waals surface area contributed by atoms with Gasteiger partial charge in [0.1, 0.15) is 5.75 Å². The van der Waals surface area contributed by atoms with Gasteiger partial charge in [0.2, 0.25) is 0 Å². The molecule has 5 rings (SSSR count). The zero-order valence-corrected chi connectivity index (χ0v) is 26.9. The number of anilines is 1. The second-order valence-electron chi connectivity index (χ2n) is 12.0. The smallest absolute Gasteiger partial charge is 0.251 e. The fourth-order valence-electron chi connectivity index (χ4n) is 6.01. The molecule has 1 amide bonds. The van der Waals surface area contributed by atoms with E-state index in [-0.39, 0.29) is 30.3 Å². The zero-order valence-electron chi connectivity index (χ0n) is 26.9. The normalized spacial score (nSPS) is 15.2. The highest BCUT2D eigenvalue weighted by atomic mass is 16.5. The van der Waals surface area contributed by atoms with Crippen LogP contribution in [0.25, 0.3) is 11.0 Å². The molecule has 1 aliphatic rings. The van der Waals surface area contributed by atoms with Gasteiger partial charge in [0.15, 0.2) is 5.65 Å². The fraction of sp³-hybridized carbons (Fsp3) is 0.457. The number of fused-ring (bicyclic) bond motifs is 1. The Bertz CT molecular complexity index is 1630. The van der Waals surface area contributed by atoms with Crippen molar-refractivity contribution in [2.24, 2.45) is 0 Å². The Morgan fingerprint density at radius 2 is 1.96 bits per heavy atom. The Morgan fingerprint density at radius 1 is 1.15 bits per heavy atom. The van der Waals surface area contributed by atoms with Gasteiger partial charge in [-0.1, -0.05) is 25.1 Å². The van der Waals surface area contributed by atoms with Crippen LogP contribution >= 0.6 is 0 Å². The maximum absolute atomic E-state index is 13.4. The summed E-state index contributed by atoms with van der Waals surface area (Å²) < 4.78 is 7.49. The van der Waals surface area contributed by atoms with E-state index in [4.69, 9.17) is 9.72 Å². The molecule has 11 nitrogen and oxygen atoms in total. The summed E-state index contributed by atoms with van der Waals surface area (Å²) in [5.74, 6) is -0.156. The largest absolute Gasteiger partial charge is 0.508 e. The molecule has 2 atom stereocenters. The van der Waals surface area contributed by atoms with Crippen molar-refractivity contribution in [3.05, 3.63) is 82.2 Å². The quantitative estimate of drug-likeness (QED) is 0.121. The number of rotatable bonds is 14. The molecule has 2 aromatic carbocycles. The Labute approximate surface area is 270 Å². The van der Waals surface area contributed by atoms with Crippen molar-refractivity contribution < 1.29 is 24.9 Å². The van der Waals surface area contributed by atoms with Crippen LogP contribution in [0.15, 0.2) is 48.7 Å². The van der Waals surface area contributed by atoms with Crippen LogP contribution in [0.5, 0.6) is 5.75 Å². The number of nitrogens with zero attached hydrogens (tertiary/aromatic N) is 3. The summed E-state index contributed by atoms with van der Waals surface area (Å²) in [6.45, 7) is 8.67. The molecular weight excluding hydrogens is 584 g/mol. The molecule has 2 unspecified atom stereocenters. The number of phenols is 1. The summed E-state index contributed by atoms with van der Waals surface area (Å²) in [4.78, 5) is 18.4. The van der Waals surface area contributed by atoms with E-state index in [0.29, 0.717) is 36.2 Å². The molecule has 46 heavy (non-hydrogen) atoms. The molecule has 0 spiro atoms. The number of aromatic hydroxyl groups is 1. The van der Waals surface area contributed by atoms with E-state index in [9.17, 15) is 20.1 Å². The number of pyridine rings is 1. The summed E-state index contributed by atoms with van der Waals surface area (Å²) in [7, 11) is 0. The highest BCUT2D eigenvalue weighted by molar-refractivity contribution is 5.95. The van der Waals surface area contributed by atoms with Gasteiger partial charge < -0.3 is 36.0 Å². The van der Waals surface area contributed by atoms with Crippen molar-refractivity contribution in [3.8, 4) is 5.75 Å². The van der Waals surface area contributed by atoms with E-state index in [1.807, 2.05) is 42.1 Å². The lowest BCUT2D eigenvalue weighted by Gasteiger charge is -2.26. The first-order valence-corrected chi connectivity index (χ1v) is 16.2. The lowest BCUT2D eigenvalue weighted by Crippen LogP contribution is -2.32. The van der Waals surface area contributed by atoms with Gasteiger partial charge in [0, 0.05) is 67.3 Å². The first-order valence-electron chi connectivity index (χ1n) is 16.2. The number of ether oxygens (including phenoxy) is 1. The molecule has 0 radical (unpaired) electrons. The number of aromatic nitrogens is 3. The molecule has 0 saturated carbocycles. The average Bonchev–Trinajstić information content (AvgIpc) is 3.50. The highest BCUT2D eigenvalue weighted by Gasteiger charge is 2.22. The third kappa shape index (κ3) is 7.84. The molecule has 0 bridgehead atoms. The van der Waals surface area contributed by atoms with Crippen molar-refractivity contribution in [1.82, 2.24) is 25.4 Å². The Morgan fingerprint density at radius 3 is 2.70 bits per heavy atom. The van der Waals surface area contributed by atoms with Gasteiger partial charge in [-0.25, -0.2) is 9.67 Å². The molecule has 1 aliphatic heterocycles.